The minimum Gasteiger partial charge on any atom is -0.469 e. The molecule has 0 bridgehead atoms. The fourth-order valence-corrected chi connectivity index (χ4v) is 2.44. The summed E-state index contributed by atoms with van der Waals surface area (Å²) in [7, 11) is 1.36. The van der Waals surface area contributed by atoms with Gasteiger partial charge in [0.2, 0.25) is 0 Å². The Morgan fingerprint density at radius 1 is 1.60 bits per heavy atom. The van der Waals surface area contributed by atoms with E-state index in [9.17, 15) is 9.18 Å². The maximum Gasteiger partial charge on any atom is 0.307 e. The minimum atomic E-state index is -0.470. The van der Waals surface area contributed by atoms with Crippen LogP contribution in [0.5, 0.6) is 0 Å². The van der Waals surface area contributed by atoms with Gasteiger partial charge in [-0.15, -0.1) is 0 Å². The average molecular weight is 302 g/mol. The first-order valence-electron chi connectivity index (χ1n) is 6.38. The number of esters is 1. The highest BCUT2D eigenvalue weighted by Crippen LogP contribution is 2.25. The molecule has 2 rings (SSSR count). The molecular formula is C14H17ClFNO3. The van der Waals surface area contributed by atoms with Crippen molar-refractivity contribution in [1.29, 1.82) is 0 Å². The lowest BCUT2D eigenvalue weighted by molar-refractivity contribution is -0.142. The van der Waals surface area contributed by atoms with Gasteiger partial charge in [0.05, 0.1) is 25.7 Å². The van der Waals surface area contributed by atoms with Crippen LogP contribution in [0.4, 0.5) is 4.39 Å². The van der Waals surface area contributed by atoms with E-state index in [1.807, 2.05) is 0 Å². The van der Waals surface area contributed by atoms with Crippen molar-refractivity contribution in [2.75, 3.05) is 20.3 Å². The molecule has 20 heavy (non-hydrogen) atoms. The quantitative estimate of drug-likeness (QED) is 0.848. The van der Waals surface area contributed by atoms with Crippen LogP contribution in [-0.2, 0) is 20.8 Å². The summed E-state index contributed by atoms with van der Waals surface area (Å²) < 4.78 is 23.3. The molecule has 0 radical (unpaired) electrons. The van der Waals surface area contributed by atoms with Crippen LogP contribution in [0.3, 0.4) is 0 Å². The third-order valence-corrected chi connectivity index (χ3v) is 3.84. The maximum absolute atomic E-state index is 13.2. The Hall–Kier alpha value is -1.17. The van der Waals surface area contributed by atoms with Crippen LogP contribution in [0.1, 0.15) is 18.4 Å². The smallest absolute Gasteiger partial charge is 0.307 e. The van der Waals surface area contributed by atoms with Crippen LogP contribution in [0.2, 0.25) is 5.02 Å². The molecule has 1 fully saturated rings. The van der Waals surface area contributed by atoms with E-state index in [0.29, 0.717) is 36.8 Å². The lowest BCUT2D eigenvalue weighted by Crippen LogP contribution is -2.47. The largest absolute Gasteiger partial charge is 0.469 e. The van der Waals surface area contributed by atoms with E-state index >= 15 is 0 Å². The molecule has 110 valence electrons. The normalized spacial score (nSPS) is 21.9. The summed E-state index contributed by atoms with van der Waals surface area (Å²) >= 11 is 6.03. The summed E-state index contributed by atoms with van der Waals surface area (Å²) in [6.07, 6.45) is 0.922. The number of nitrogens with one attached hydrogen (secondary N) is 1. The Labute approximate surface area is 122 Å². The van der Waals surface area contributed by atoms with Crippen molar-refractivity contribution in [2.45, 2.75) is 24.9 Å². The number of benzene rings is 1. The second-order valence-corrected chi connectivity index (χ2v) is 5.33. The van der Waals surface area contributed by atoms with Gasteiger partial charge in [-0.3, -0.25) is 4.79 Å². The van der Waals surface area contributed by atoms with Crippen molar-refractivity contribution in [3.63, 3.8) is 0 Å². The first-order valence-corrected chi connectivity index (χ1v) is 6.76. The lowest BCUT2D eigenvalue weighted by atomic mass is 9.94. The maximum atomic E-state index is 13.2. The molecule has 1 heterocycles. The minimum absolute atomic E-state index is 0.219. The fraction of sp³-hybridized carbons (Fsp3) is 0.500. The second-order valence-electron chi connectivity index (χ2n) is 4.93. The average Bonchev–Trinajstić information content (AvgIpc) is 2.88. The highest BCUT2D eigenvalue weighted by atomic mass is 35.5. The van der Waals surface area contributed by atoms with E-state index in [-0.39, 0.29) is 18.2 Å². The molecule has 1 saturated heterocycles. The van der Waals surface area contributed by atoms with Gasteiger partial charge in [0.15, 0.2) is 0 Å². The van der Waals surface area contributed by atoms with Crippen LogP contribution in [0.15, 0.2) is 18.2 Å². The summed E-state index contributed by atoms with van der Waals surface area (Å²) in [5.41, 5.74) is 0.186. The molecular weight excluding hydrogens is 285 g/mol. The number of methoxy groups -OCH3 is 1. The molecule has 0 saturated carbocycles. The van der Waals surface area contributed by atoms with Crippen LogP contribution in [0, 0.1) is 5.82 Å². The predicted octanol–water partition coefficient (Wildman–Crippen LogP) is 2.29. The van der Waals surface area contributed by atoms with E-state index in [1.165, 1.54) is 25.3 Å². The first kappa shape index (κ1) is 15.2. The highest BCUT2D eigenvalue weighted by molar-refractivity contribution is 6.31. The number of halogens is 2. The molecule has 1 aliphatic heterocycles. The van der Waals surface area contributed by atoms with Crippen LogP contribution >= 0.6 is 11.6 Å². The summed E-state index contributed by atoms with van der Waals surface area (Å²) in [5, 5.41) is 3.76. The summed E-state index contributed by atoms with van der Waals surface area (Å²) in [6, 6.07) is 4.22. The monoisotopic (exact) mass is 301 g/mol. The highest BCUT2D eigenvalue weighted by Gasteiger charge is 2.37. The molecule has 1 N–H and O–H groups in total. The van der Waals surface area contributed by atoms with Gasteiger partial charge in [0.25, 0.3) is 0 Å². The van der Waals surface area contributed by atoms with Crippen molar-refractivity contribution in [1.82, 2.24) is 5.32 Å². The Balaban J connectivity index is 2.05. The van der Waals surface area contributed by atoms with Gasteiger partial charge in [-0.05, 0) is 30.2 Å². The zero-order valence-corrected chi connectivity index (χ0v) is 12.0. The van der Waals surface area contributed by atoms with Gasteiger partial charge in [-0.2, -0.15) is 0 Å². The van der Waals surface area contributed by atoms with Gasteiger partial charge in [0, 0.05) is 18.2 Å². The zero-order valence-electron chi connectivity index (χ0n) is 11.2. The van der Waals surface area contributed by atoms with E-state index in [2.05, 4.69) is 5.32 Å². The molecule has 1 aromatic rings. The number of ether oxygens (including phenoxy) is 2. The van der Waals surface area contributed by atoms with Crippen molar-refractivity contribution < 1.29 is 18.7 Å². The Morgan fingerprint density at radius 2 is 2.40 bits per heavy atom. The standard InChI is InChI=1S/C14H17ClFNO3/c1-19-13(18)7-14(4-5-20-9-14)17-8-10-6-11(16)2-3-12(10)15/h2-3,6,17H,4-5,7-9H2,1H3/t14-/m0/s1. The summed E-state index contributed by atoms with van der Waals surface area (Å²) in [6.45, 7) is 1.38. The molecule has 0 unspecified atom stereocenters. The van der Waals surface area contributed by atoms with Crippen LogP contribution in [0.25, 0.3) is 0 Å². The second kappa shape index (κ2) is 6.52. The van der Waals surface area contributed by atoms with Crippen LogP contribution < -0.4 is 5.32 Å². The van der Waals surface area contributed by atoms with Gasteiger partial charge >= 0.3 is 5.97 Å². The lowest BCUT2D eigenvalue weighted by Gasteiger charge is -2.28. The molecule has 1 aliphatic rings. The number of rotatable bonds is 5. The molecule has 1 aromatic carbocycles. The number of carbonyl (C=O) groups excluding carboxylic acids is 1. The third-order valence-electron chi connectivity index (χ3n) is 3.48. The van der Waals surface area contributed by atoms with Crippen molar-refractivity contribution in [3.05, 3.63) is 34.6 Å². The molecule has 4 nitrogen and oxygen atoms in total. The Morgan fingerprint density at radius 3 is 3.05 bits per heavy atom. The van der Waals surface area contributed by atoms with Crippen LogP contribution in [-0.4, -0.2) is 31.8 Å². The fourth-order valence-electron chi connectivity index (χ4n) is 2.26. The van der Waals surface area contributed by atoms with Gasteiger partial charge < -0.3 is 14.8 Å². The van der Waals surface area contributed by atoms with Gasteiger partial charge in [0.1, 0.15) is 5.82 Å². The van der Waals surface area contributed by atoms with E-state index in [0.717, 1.165) is 0 Å². The molecule has 0 amide bonds. The Bertz CT molecular complexity index is 489. The van der Waals surface area contributed by atoms with E-state index < -0.39 is 5.54 Å². The summed E-state index contributed by atoms with van der Waals surface area (Å²) in [4.78, 5) is 11.5. The third kappa shape index (κ3) is 3.69. The number of hydrogen-bond donors (Lipinski definition) is 1. The zero-order chi connectivity index (χ0) is 14.6. The molecule has 0 aromatic heterocycles. The molecule has 0 aliphatic carbocycles. The first-order chi connectivity index (χ1) is 9.54. The molecule has 1 atom stereocenters. The molecule has 6 heteroatoms. The number of hydrogen-bond acceptors (Lipinski definition) is 4. The van der Waals surface area contributed by atoms with Crippen molar-refractivity contribution in [3.8, 4) is 0 Å². The van der Waals surface area contributed by atoms with Gasteiger partial charge in [-0.1, -0.05) is 11.6 Å². The van der Waals surface area contributed by atoms with E-state index in [4.69, 9.17) is 21.1 Å². The van der Waals surface area contributed by atoms with Crippen molar-refractivity contribution >= 4 is 17.6 Å². The summed E-state index contributed by atoms with van der Waals surface area (Å²) in [5.74, 6) is -0.635. The van der Waals surface area contributed by atoms with Crippen molar-refractivity contribution in [2.24, 2.45) is 0 Å². The number of carbonyl (C=O) groups is 1. The SMILES string of the molecule is COC(=O)C[C@@]1(NCc2cc(F)ccc2Cl)CCOC1. The molecule has 0 spiro atoms. The topological polar surface area (TPSA) is 47.6 Å². The van der Waals surface area contributed by atoms with E-state index in [1.54, 1.807) is 0 Å². The van der Waals surface area contributed by atoms with Gasteiger partial charge in [-0.25, -0.2) is 4.39 Å². The Kier molecular flexibility index (Phi) is 4.96. The predicted molar refractivity (Wildman–Crippen MR) is 73.0 cm³/mol.